The summed E-state index contributed by atoms with van der Waals surface area (Å²) in [5.74, 6) is 0.666. The van der Waals surface area contributed by atoms with E-state index < -0.39 is 0 Å². The predicted octanol–water partition coefficient (Wildman–Crippen LogP) is 2.95. The third-order valence-corrected chi connectivity index (χ3v) is 3.28. The minimum Gasteiger partial charge on any atom is -0.478 e. The fraction of sp³-hybridized carbons (Fsp3) is 0.667. The van der Waals surface area contributed by atoms with Crippen LogP contribution in [-0.2, 0) is 4.74 Å². The van der Waals surface area contributed by atoms with Crippen LogP contribution in [0.5, 0.6) is 5.88 Å². The van der Waals surface area contributed by atoms with Crippen molar-refractivity contribution in [3.8, 4) is 5.88 Å². The molecule has 1 aromatic heterocycles. The van der Waals surface area contributed by atoms with Gasteiger partial charge in [0.15, 0.2) is 0 Å². The number of methoxy groups -OCH3 is 1. The lowest BCUT2D eigenvalue weighted by molar-refractivity contribution is 0.00508. The summed E-state index contributed by atoms with van der Waals surface area (Å²) < 4.78 is 11.0. The monoisotopic (exact) mass is 266 g/mol. The largest absolute Gasteiger partial charge is 0.478 e. The molecular weight excluding hydrogens is 240 g/mol. The maximum absolute atomic E-state index is 5.63. The fourth-order valence-electron chi connectivity index (χ4n) is 1.66. The molecule has 0 bridgehead atoms. The van der Waals surface area contributed by atoms with Crippen LogP contribution in [0.2, 0.25) is 0 Å². The zero-order valence-electron chi connectivity index (χ0n) is 12.7. The Hall–Kier alpha value is -1.13. The molecular formula is C15H26N2O2. The highest BCUT2D eigenvalue weighted by molar-refractivity contribution is 5.20. The Labute approximate surface area is 116 Å². The molecule has 19 heavy (non-hydrogen) atoms. The van der Waals surface area contributed by atoms with Gasteiger partial charge in [0, 0.05) is 31.8 Å². The van der Waals surface area contributed by atoms with Crippen LogP contribution >= 0.6 is 0 Å². The van der Waals surface area contributed by atoms with Gasteiger partial charge in [0.05, 0.1) is 12.2 Å². The molecule has 0 aliphatic carbocycles. The van der Waals surface area contributed by atoms with E-state index in [0.717, 1.165) is 13.0 Å². The quantitative estimate of drug-likeness (QED) is 0.785. The third-order valence-electron chi connectivity index (χ3n) is 3.28. The molecule has 108 valence electrons. The first-order chi connectivity index (χ1) is 8.98. The first-order valence-electron chi connectivity index (χ1n) is 6.86. The molecule has 1 atom stereocenters. The van der Waals surface area contributed by atoms with Gasteiger partial charge in [-0.1, -0.05) is 13.0 Å². The number of pyridine rings is 1. The van der Waals surface area contributed by atoms with Gasteiger partial charge in [-0.2, -0.15) is 0 Å². The normalized spacial score (nSPS) is 13.3. The molecule has 1 unspecified atom stereocenters. The first kappa shape index (κ1) is 15.9. The molecule has 1 rings (SSSR count). The average Bonchev–Trinajstić information content (AvgIpc) is 2.39. The van der Waals surface area contributed by atoms with E-state index in [0.29, 0.717) is 18.5 Å². The Morgan fingerprint density at radius 3 is 2.63 bits per heavy atom. The molecule has 4 nitrogen and oxygen atoms in total. The maximum Gasteiger partial charge on any atom is 0.213 e. The van der Waals surface area contributed by atoms with Crippen molar-refractivity contribution in [2.24, 2.45) is 0 Å². The average molecular weight is 266 g/mol. The second-order valence-electron chi connectivity index (χ2n) is 5.27. The van der Waals surface area contributed by atoms with Gasteiger partial charge in [-0.3, -0.25) is 0 Å². The number of hydrogen-bond donors (Lipinski definition) is 1. The summed E-state index contributed by atoms with van der Waals surface area (Å²) >= 11 is 0. The molecule has 1 heterocycles. The van der Waals surface area contributed by atoms with E-state index >= 15 is 0 Å². The Balaban J connectivity index is 2.44. The summed E-state index contributed by atoms with van der Waals surface area (Å²) in [6.45, 7) is 9.87. The van der Waals surface area contributed by atoms with Crippen LogP contribution < -0.4 is 10.1 Å². The zero-order chi connectivity index (χ0) is 14.3. The molecule has 0 saturated heterocycles. The van der Waals surface area contributed by atoms with Crippen molar-refractivity contribution in [2.75, 3.05) is 20.3 Å². The van der Waals surface area contributed by atoms with Crippen molar-refractivity contribution in [2.45, 2.75) is 45.8 Å². The lowest BCUT2D eigenvalue weighted by Gasteiger charge is -2.22. The fourth-order valence-corrected chi connectivity index (χ4v) is 1.66. The number of rotatable bonds is 8. The van der Waals surface area contributed by atoms with Crippen molar-refractivity contribution >= 4 is 0 Å². The Bertz CT molecular complexity index is 363. The summed E-state index contributed by atoms with van der Waals surface area (Å²) in [7, 11) is 1.72. The maximum atomic E-state index is 5.63. The summed E-state index contributed by atoms with van der Waals surface area (Å²) in [5.41, 5.74) is 1.02. The van der Waals surface area contributed by atoms with Crippen molar-refractivity contribution in [3.63, 3.8) is 0 Å². The van der Waals surface area contributed by atoms with E-state index in [1.807, 2.05) is 26.1 Å². The van der Waals surface area contributed by atoms with Crippen molar-refractivity contribution < 1.29 is 9.47 Å². The zero-order valence-corrected chi connectivity index (χ0v) is 12.7. The lowest BCUT2D eigenvalue weighted by Crippen LogP contribution is -2.25. The topological polar surface area (TPSA) is 43.4 Å². The standard InChI is InChI=1S/C15H26N2O2/c1-6-16-12(2)13-7-8-14(17-11-13)19-10-9-15(3,4)18-5/h7-8,11-12,16H,6,9-10H2,1-5H3. The summed E-state index contributed by atoms with van der Waals surface area (Å²) in [6, 6.07) is 4.29. The van der Waals surface area contributed by atoms with Crippen LogP contribution in [-0.4, -0.2) is 30.8 Å². The smallest absolute Gasteiger partial charge is 0.213 e. The summed E-state index contributed by atoms with van der Waals surface area (Å²) in [5, 5.41) is 3.35. The number of ether oxygens (including phenoxy) is 2. The van der Waals surface area contributed by atoms with Gasteiger partial charge in [-0.15, -0.1) is 0 Å². The van der Waals surface area contributed by atoms with E-state index in [-0.39, 0.29) is 5.60 Å². The highest BCUT2D eigenvalue weighted by Crippen LogP contribution is 2.16. The van der Waals surface area contributed by atoms with Gasteiger partial charge in [0.2, 0.25) is 5.88 Å². The molecule has 0 saturated carbocycles. The van der Waals surface area contributed by atoms with E-state index in [9.17, 15) is 0 Å². The summed E-state index contributed by atoms with van der Waals surface area (Å²) in [4.78, 5) is 4.32. The molecule has 0 spiro atoms. The minimum absolute atomic E-state index is 0.153. The molecule has 0 aliphatic rings. The van der Waals surface area contributed by atoms with Gasteiger partial charge in [0.1, 0.15) is 0 Å². The van der Waals surface area contributed by atoms with Crippen LogP contribution in [0.1, 0.15) is 45.7 Å². The Morgan fingerprint density at radius 2 is 2.11 bits per heavy atom. The van der Waals surface area contributed by atoms with Gasteiger partial charge in [-0.05, 0) is 32.9 Å². The minimum atomic E-state index is -0.153. The van der Waals surface area contributed by atoms with Gasteiger partial charge in [-0.25, -0.2) is 4.98 Å². The molecule has 1 aromatic rings. The van der Waals surface area contributed by atoms with E-state index in [2.05, 4.69) is 30.2 Å². The molecule has 0 radical (unpaired) electrons. The Morgan fingerprint density at radius 1 is 1.37 bits per heavy atom. The van der Waals surface area contributed by atoms with Crippen LogP contribution in [0.3, 0.4) is 0 Å². The molecule has 0 aromatic carbocycles. The Kier molecular flexibility index (Phi) is 6.25. The lowest BCUT2D eigenvalue weighted by atomic mass is 10.1. The molecule has 4 heteroatoms. The van der Waals surface area contributed by atoms with Crippen LogP contribution in [0.4, 0.5) is 0 Å². The van der Waals surface area contributed by atoms with E-state index in [4.69, 9.17) is 9.47 Å². The van der Waals surface area contributed by atoms with Crippen LogP contribution in [0.15, 0.2) is 18.3 Å². The van der Waals surface area contributed by atoms with Crippen LogP contribution in [0, 0.1) is 0 Å². The van der Waals surface area contributed by atoms with Gasteiger partial charge >= 0.3 is 0 Å². The SMILES string of the molecule is CCNC(C)c1ccc(OCCC(C)(C)OC)nc1. The van der Waals surface area contributed by atoms with Crippen molar-refractivity contribution in [3.05, 3.63) is 23.9 Å². The van der Waals surface area contributed by atoms with Crippen molar-refractivity contribution in [1.29, 1.82) is 0 Å². The van der Waals surface area contributed by atoms with E-state index in [1.54, 1.807) is 7.11 Å². The van der Waals surface area contributed by atoms with Crippen LogP contribution in [0.25, 0.3) is 0 Å². The summed E-state index contributed by atoms with van der Waals surface area (Å²) in [6.07, 6.45) is 2.70. The van der Waals surface area contributed by atoms with Gasteiger partial charge in [0.25, 0.3) is 0 Å². The number of hydrogen-bond acceptors (Lipinski definition) is 4. The van der Waals surface area contributed by atoms with E-state index in [1.165, 1.54) is 5.56 Å². The molecule has 1 N–H and O–H groups in total. The predicted molar refractivity (Wildman–Crippen MR) is 77.5 cm³/mol. The number of nitrogens with one attached hydrogen (secondary N) is 1. The highest BCUT2D eigenvalue weighted by Gasteiger charge is 2.16. The molecule has 0 amide bonds. The first-order valence-corrected chi connectivity index (χ1v) is 6.86. The molecule has 0 fully saturated rings. The van der Waals surface area contributed by atoms with Gasteiger partial charge < -0.3 is 14.8 Å². The number of nitrogens with zero attached hydrogens (tertiary/aromatic N) is 1. The second-order valence-corrected chi connectivity index (χ2v) is 5.27. The number of aromatic nitrogens is 1. The molecule has 0 aliphatic heterocycles. The second kappa shape index (κ2) is 7.46. The highest BCUT2D eigenvalue weighted by atomic mass is 16.5. The van der Waals surface area contributed by atoms with Crippen molar-refractivity contribution in [1.82, 2.24) is 10.3 Å². The third kappa shape index (κ3) is 5.57.